The van der Waals surface area contributed by atoms with Gasteiger partial charge in [-0.2, -0.15) is 0 Å². The zero-order chi connectivity index (χ0) is 13.0. The van der Waals surface area contributed by atoms with Crippen LogP contribution in [0.4, 0.5) is 14.5 Å². The van der Waals surface area contributed by atoms with Crippen LogP contribution in [0.3, 0.4) is 0 Å². The van der Waals surface area contributed by atoms with Crippen LogP contribution < -0.4 is 5.32 Å². The number of anilines is 1. The number of benzene rings is 1. The van der Waals surface area contributed by atoms with E-state index in [1.165, 1.54) is 0 Å². The van der Waals surface area contributed by atoms with Crippen LogP contribution in [0.15, 0.2) is 30.0 Å². The second-order valence-electron chi connectivity index (χ2n) is 2.95. The molecule has 0 radical (unpaired) electrons. The Morgan fingerprint density at radius 1 is 1.24 bits per heavy atom. The summed E-state index contributed by atoms with van der Waals surface area (Å²) < 4.78 is 25.9. The third kappa shape index (κ3) is 3.56. The predicted molar refractivity (Wildman–Crippen MR) is 53.3 cm³/mol. The smallest absolute Gasteiger partial charge is 0.352 e. The topological polar surface area (TPSA) is 86.6 Å². The maximum Gasteiger partial charge on any atom is 0.352 e. The summed E-state index contributed by atoms with van der Waals surface area (Å²) >= 11 is 0. The fourth-order valence-electron chi connectivity index (χ4n) is 1.01. The molecule has 1 aromatic rings. The molecular weight excluding hydrogens is 236 g/mol. The second-order valence-corrected chi connectivity index (χ2v) is 2.95. The molecule has 0 spiro atoms. The highest BCUT2D eigenvalue weighted by molar-refractivity contribution is 5.97. The molecule has 3 N–H and O–H groups in total. The molecule has 0 aliphatic rings. The number of nitrogens with one attached hydrogen (secondary N) is 1. The molecule has 17 heavy (non-hydrogen) atoms. The Bertz CT molecular complexity index is 499. The molecule has 1 rings (SSSR count). The summed E-state index contributed by atoms with van der Waals surface area (Å²) in [5, 5.41) is 19.0. The Balaban J connectivity index is 3.06. The zero-order valence-corrected chi connectivity index (χ0v) is 8.28. The maximum absolute atomic E-state index is 13.1. The molecule has 0 unspecified atom stereocenters. The van der Waals surface area contributed by atoms with Crippen molar-refractivity contribution in [2.45, 2.75) is 0 Å². The predicted octanol–water partition coefficient (Wildman–Crippen LogP) is 1.43. The molecule has 0 fully saturated rings. The Morgan fingerprint density at radius 2 is 1.88 bits per heavy atom. The summed E-state index contributed by atoms with van der Waals surface area (Å²) in [7, 11) is 0. The Kier molecular flexibility index (Phi) is 3.76. The van der Waals surface area contributed by atoms with Gasteiger partial charge in [-0.1, -0.05) is 0 Å². The molecule has 7 heteroatoms. The number of rotatable bonds is 4. The Labute approximate surface area is 94.0 Å². The quantitative estimate of drug-likeness (QED) is 0.696. The lowest BCUT2D eigenvalue weighted by atomic mass is 10.2. The van der Waals surface area contributed by atoms with E-state index >= 15 is 0 Å². The second kappa shape index (κ2) is 5.06. The third-order valence-corrected chi connectivity index (χ3v) is 1.70. The molecule has 1 aromatic carbocycles. The fourth-order valence-corrected chi connectivity index (χ4v) is 1.01. The van der Waals surface area contributed by atoms with Gasteiger partial charge in [-0.15, -0.1) is 0 Å². The van der Waals surface area contributed by atoms with E-state index in [4.69, 9.17) is 10.2 Å². The molecule has 90 valence electrons. The molecule has 0 aromatic heterocycles. The van der Waals surface area contributed by atoms with E-state index in [0.717, 1.165) is 12.1 Å². The molecule has 0 bridgehead atoms. The summed E-state index contributed by atoms with van der Waals surface area (Å²) in [6.07, 6.45) is 0.340. The number of hydrogen-bond donors (Lipinski definition) is 3. The van der Waals surface area contributed by atoms with Crippen molar-refractivity contribution in [2.75, 3.05) is 5.32 Å². The number of carbonyl (C=O) groups is 2. The minimum Gasteiger partial charge on any atom is -0.478 e. The van der Waals surface area contributed by atoms with Gasteiger partial charge in [0.05, 0.1) is 11.8 Å². The molecule has 0 heterocycles. The average molecular weight is 243 g/mol. The van der Waals surface area contributed by atoms with Crippen molar-refractivity contribution in [3.8, 4) is 0 Å². The summed E-state index contributed by atoms with van der Waals surface area (Å²) in [4.78, 5) is 20.9. The molecule has 0 saturated carbocycles. The van der Waals surface area contributed by atoms with Crippen molar-refractivity contribution < 1.29 is 28.6 Å². The Hall–Kier alpha value is -2.44. The van der Waals surface area contributed by atoms with Crippen molar-refractivity contribution >= 4 is 17.6 Å². The van der Waals surface area contributed by atoms with Gasteiger partial charge in [0.25, 0.3) is 0 Å². The lowest BCUT2D eigenvalue weighted by Gasteiger charge is -2.07. The lowest BCUT2D eigenvalue weighted by molar-refractivity contribution is -0.134. The molecule has 0 aliphatic heterocycles. The van der Waals surface area contributed by atoms with E-state index in [0.29, 0.717) is 12.1 Å². The highest BCUT2D eigenvalue weighted by atomic mass is 19.1. The van der Waals surface area contributed by atoms with Gasteiger partial charge >= 0.3 is 11.9 Å². The number of hydrogen-bond acceptors (Lipinski definition) is 3. The van der Waals surface area contributed by atoms with Crippen molar-refractivity contribution in [1.82, 2.24) is 0 Å². The SMILES string of the molecule is O=C(O)C=C(Nc1cc(F)ccc1F)C(=O)O. The van der Waals surface area contributed by atoms with E-state index < -0.39 is 35.0 Å². The van der Waals surface area contributed by atoms with E-state index in [1.54, 1.807) is 0 Å². The molecular formula is C10H7F2NO4. The van der Waals surface area contributed by atoms with Crippen LogP contribution in [0, 0.1) is 11.6 Å². The van der Waals surface area contributed by atoms with Crippen LogP contribution in [0.2, 0.25) is 0 Å². The normalized spacial score (nSPS) is 11.1. The summed E-state index contributed by atoms with van der Waals surface area (Å²) in [5.41, 5.74) is -1.23. The van der Waals surface area contributed by atoms with Gasteiger partial charge in [0.2, 0.25) is 0 Å². The van der Waals surface area contributed by atoms with Crippen LogP contribution in [-0.4, -0.2) is 22.2 Å². The highest BCUT2D eigenvalue weighted by Gasteiger charge is 2.12. The molecule has 0 aliphatic carbocycles. The van der Waals surface area contributed by atoms with E-state index in [1.807, 2.05) is 5.32 Å². The molecule has 0 atom stereocenters. The summed E-state index contributed by atoms with van der Waals surface area (Å²) in [6.45, 7) is 0. The zero-order valence-electron chi connectivity index (χ0n) is 8.28. The first kappa shape index (κ1) is 12.6. The fraction of sp³-hybridized carbons (Fsp3) is 0. The van der Waals surface area contributed by atoms with Crippen LogP contribution >= 0.6 is 0 Å². The average Bonchev–Trinajstić information content (AvgIpc) is 2.21. The van der Waals surface area contributed by atoms with E-state index in [2.05, 4.69) is 0 Å². The maximum atomic E-state index is 13.1. The Morgan fingerprint density at radius 3 is 2.41 bits per heavy atom. The first-order chi connectivity index (χ1) is 7.90. The summed E-state index contributed by atoms with van der Waals surface area (Å²) in [6, 6.07) is 2.35. The molecule has 0 amide bonds. The first-order valence-corrected chi connectivity index (χ1v) is 4.30. The standard InChI is InChI=1S/C10H7F2NO4/c11-5-1-2-6(12)7(3-5)13-8(10(16)17)4-9(14)15/h1-4,13H,(H,14,15)(H,16,17). The van der Waals surface area contributed by atoms with Crippen LogP contribution in [0.1, 0.15) is 0 Å². The molecule has 5 nitrogen and oxygen atoms in total. The largest absolute Gasteiger partial charge is 0.478 e. The van der Waals surface area contributed by atoms with E-state index in [9.17, 15) is 18.4 Å². The van der Waals surface area contributed by atoms with Crippen LogP contribution in [-0.2, 0) is 9.59 Å². The minimum absolute atomic E-state index is 0.340. The van der Waals surface area contributed by atoms with E-state index in [-0.39, 0.29) is 0 Å². The monoisotopic (exact) mass is 243 g/mol. The van der Waals surface area contributed by atoms with Gasteiger partial charge in [-0.25, -0.2) is 18.4 Å². The van der Waals surface area contributed by atoms with Crippen molar-refractivity contribution in [2.24, 2.45) is 0 Å². The van der Waals surface area contributed by atoms with Gasteiger partial charge in [0.1, 0.15) is 17.3 Å². The summed E-state index contributed by atoms with van der Waals surface area (Å²) in [5.74, 6) is -4.80. The lowest BCUT2D eigenvalue weighted by Crippen LogP contribution is -2.13. The molecule has 0 saturated heterocycles. The number of carboxylic acids is 2. The first-order valence-electron chi connectivity index (χ1n) is 4.30. The van der Waals surface area contributed by atoms with Crippen molar-refractivity contribution in [3.05, 3.63) is 41.6 Å². The number of aliphatic carboxylic acids is 2. The highest BCUT2D eigenvalue weighted by Crippen LogP contribution is 2.17. The minimum atomic E-state index is -1.60. The van der Waals surface area contributed by atoms with Gasteiger partial charge < -0.3 is 15.5 Å². The van der Waals surface area contributed by atoms with Gasteiger partial charge in [0, 0.05) is 6.07 Å². The third-order valence-electron chi connectivity index (χ3n) is 1.70. The number of halogens is 2. The van der Waals surface area contributed by atoms with Crippen LogP contribution in [0.25, 0.3) is 0 Å². The van der Waals surface area contributed by atoms with Crippen molar-refractivity contribution in [3.63, 3.8) is 0 Å². The van der Waals surface area contributed by atoms with Crippen molar-refractivity contribution in [1.29, 1.82) is 0 Å². The van der Waals surface area contributed by atoms with Crippen LogP contribution in [0.5, 0.6) is 0 Å². The van der Waals surface area contributed by atoms with Gasteiger partial charge in [-0.3, -0.25) is 0 Å². The number of carboxylic acid groups (broad SMARTS) is 2. The van der Waals surface area contributed by atoms with Gasteiger partial charge in [0.15, 0.2) is 0 Å². The van der Waals surface area contributed by atoms with Gasteiger partial charge in [-0.05, 0) is 12.1 Å².